The van der Waals surface area contributed by atoms with Gasteiger partial charge in [-0.05, 0) is 43.7 Å². The van der Waals surface area contributed by atoms with Crippen LogP contribution < -0.4 is 11.1 Å². The van der Waals surface area contributed by atoms with Gasteiger partial charge in [-0.15, -0.1) is 0 Å². The molecular formula is C16H26N2O. The first-order valence-corrected chi connectivity index (χ1v) is 7.42. The monoisotopic (exact) mass is 262 g/mol. The second kappa shape index (κ2) is 8.31. The summed E-state index contributed by atoms with van der Waals surface area (Å²) in [5.41, 5.74) is 7.15. The molecule has 106 valence electrons. The molecule has 1 fully saturated rings. The highest BCUT2D eigenvalue weighted by Gasteiger charge is 2.17. The maximum atomic E-state index is 5.91. The Morgan fingerprint density at radius 3 is 2.58 bits per heavy atom. The number of hydrogen-bond donors (Lipinski definition) is 2. The van der Waals surface area contributed by atoms with Gasteiger partial charge in [-0.2, -0.15) is 0 Å². The predicted octanol–water partition coefficient (Wildman–Crippen LogP) is 2.31. The number of nitrogens with one attached hydrogen (secondary N) is 1. The first-order valence-electron chi connectivity index (χ1n) is 7.42. The summed E-state index contributed by atoms with van der Waals surface area (Å²) in [7, 11) is 0. The van der Waals surface area contributed by atoms with Crippen molar-refractivity contribution in [3.05, 3.63) is 35.9 Å². The van der Waals surface area contributed by atoms with Crippen LogP contribution >= 0.6 is 0 Å². The number of nitrogens with two attached hydrogens (primary N) is 1. The van der Waals surface area contributed by atoms with E-state index in [1.807, 2.05) is 18.2 Å². The van der Waals surface area contributed by atoms with Crippen LogP contribution in [0.1, 0.15) is 31.2 Å². The normalized spacial score (nSPS) is 23.4. The minimum absolute atomic E-state index is 0.449. The van der Waals surface area contributed by atoms with Crippen LogP contribution in [0.25, 0.3) is 0 Å². The van der Waals surface area contributed by atoms with Gasteiger partial charge in [-0.25, -0.2) is 0 Å². The maximum absolute atomic E-state index is 5.91. The van der Waals surface area contributed by atoms with E-state index in [0.29, 0.717) is 12.6 Å². The van der Waals surface area contributed by atoms with Crippen molar-refractivity contribution >= 4 is 0 Å². The molecule has 3 nitrogen and oxygen atoms in total. The summed E-state index contributed by atoms with van der Waals surface area (Å²) >= 11 is 0. The molecule has 1 aromatic rings. The molecule has 0 radical (unpaired) electrons. The van der Waals surface area contributed by atoms with Crippen LogP contribution in [-0.2, 0) is 11.3 Å². The van der Waals surface area contributed by atoms with Crippen molar-refractivity contribution in [3.63, 3.8) is 0 Å². The molecule has 0 bridgehead atoms. The molecule has 0 spiro atoms. The van der Waals surface area contributed by atoms with Gasteiger partial charge in [0.2, 0.25) is 0 Å². The molecule has 0 saturated heterocycles. The summed E-state index contributed by atoms with van der Waals surface area (Å²) in [5.74, 6) is 0.814. The van der Waals surface area contributed by atoms with Crippen molar-refractivity contribution in [3.8, 4) is 0 Å². The van der Waals surface area contributed by atoms with Gasteiger partial charge in [-0.3, -0.25) is 0 Å². The first kappa shape index (κ1) is 14.5. The second-order valence-corrected chi connectivity index (χ2v) is 5.52. The van der Waals surface area contributed by atoms with E-state index < -0.39 is 0 Å². The van der Waals surface area contributed by atoms with Gasteiger partial charge in [0.1, 0.15) is 0 Å². The SMILES string of the molecule is NC1CCC(CNCCOCc2ccccc2)CC1. The molecular weight excluding hydrogens is 236 g/mol. The van der Waals surface area contributed by atoms with Gasteiger partial charge in [0.25, 0.3) is 0 Å². The number of benzene rings is 1. The van der Waals surface area contributed by atoms with Crippen molar-refractivity contribution in [1.29, 1.82) is 0 Å². The fourth-order valence-electron chi connectivity index (χ4n) is 2.61. The average molecular weight is 262 g/mol. The standard InChI is InChI=1S/C16H26N2O/c17-16-8-6-14(7-9-16)12-18-10-11-19-13-15-4-2-1-3-5-15/h1-5,14,16,18H,6-13,17H2. The predicted molar refractivity (Wildman–Crippen MR) is 78.9 cm³/mol. The Kier molecular flexibility index (Phi) is 6.34. The third-order valence-electron chi connectivity index (χ3n) is 3.86. The van der Waals surface area contributed by atoms with Crippen molar-refractivity contribution in [2.24, 2.45) is 11.7 Å². The van der Waals surface area contributed by atoms with E-state index in [-0.39, 0.29) is 0 Å². The van der Waals surface area contributed by atoms with Crippen LogP contribution in [0.5, 0.6) is 0 Å². The largest absolute Gasteiger partial charge is 0.375 e. The lowest BCUT2D eigenvalue weighted by molar-refractivity contribution is 0.121. The van der Waals surface area contributed by atoms with Crippen molar-refractivity contribution in [2.75, 3.05) is 19.7 Å². The van der Waals surface area contributed by atoms with Gasteiger partial charge >= 0.3 is 0 Å². The second-order valence-electron chi connectivity index (χ2n) is 5.52. The summed E-state index contributed by atoms with van der Waals surface area (Å²) in [6.07, 6.45) is 4.94. The van der Waals surface area contributed by atoms with Crippen LogP contribution in [0.4, 0.5) is 0 Å². The van der Waals surface area contributed by atoms with Gasteiger partial charge in [-0.1, -0.05) is 30.3 Å². The molecule has 1 saturated carbocycles. The zero-order chi connectivity index (χ0) is 13.3. The third kappa shape index (κ3) is 5.72. The molecule has 3 N–H and O–H groups in total. The smallest absolute Gasteiger partial charge is 0.0717 e. The van der Waals surface area contributed by atoms with Gasteiger partial charge in [0.05, 0.1) is 13.2 Å². The third-order valence-corrected chi connectivity index (χ3v) is 3.86. The number of ether oxygens (including phenoxy) is 1. The molecule has 0 heterocycles. The van der Waals surface area contributed by atoms with Crippen LogP contribution in [0.15, 0.2) is 30.3 Å². The lowest BCUT2D eigenvalue weighted by atomic mass is 9.86. The van der Waals surface area contributed by atoms with Crippen molar-refractivity contribution in [1.82, 2.24) is 5.32 Å². The summed E-state index contributed by atoms with van der Waals surface area (Å²) < 4.78 is 5.64. The molecule has 3 heteroatoms. The zero-order valence-electron chi connectivity index (χ0n) is 11.7. The van der Waals surface area contributed by atoms with E-state index in [2.05, 4.69) is 17.4 Å². The van der Waals surface area contributed by atoms with E-state index in [1.165, 1.54) is 31.2 Å². The van der Waals surface area contributed by atoms with Crippen LogP contribution in [0.3, 0.4) is 0 Å². The molecule has 1 aromatic carbocycles. The fourth-order valence-corrected chi connectivity index (χ4v) is 2.61. The minimum Gasteiger partial charge on any atom is -0.375 e. The maximum Gasteiger partial charge on any atom is 0.0717 e. The fraction of sp³-hybridized carbons (Fsp3) is 0.625. The molecule has 1 aliphatic rings. The van der Waals surface area contributed by atoms with Gasteiger partial charge in [0.15, 0.2) is 0 Å². The molecule has 0 aromatic heterocycles. The highest BCUT2D eigenvalue weighted by Crippen LogP contribution is 2.22. The minimum atomic E-state index is 0.449. The summed E-state index contributed by atoms with van der Waals surface area (Å²) in [6, 6.07) is 10.8. The van der Waals surface area contributed by atoms with Crippen LogP contribution in [0.2, 0.25) is 0 Å². The highest BCUT2D eigenvalue weighted by molar-refractivity contribution is 5.13. The van der Waals surface area contributed by atoms with E-state index in [1.54, 1.807) is 0 Å². The topological polar surface area (TPSA) is 47.3 Å². The Balaban J connectivity index is 1.46. The summed E-state index contributed by atoms with van der Waals surface area (Å²) in [6.45, 7) is 3.54. The lowest BCUT2D eigenvalue weighted by Crippen LogP contribution is -2.32. The van der Waals surface area contributed by atoms with Crippen LogP contribution in [-0.4, -0.2) is 25.7 Å². The molecule has 0 atom stereocenters. The molecule has 0 amide bonds. The Labute approximate surface area is 116 Å². The Morgan fingerprint density at radius 1 is 1.11 bits per heavy atom. The van der Waals surface area contributed by atoms with Crippen molar-refractivity contribution < 1.29 is 4.74 Å². The Bertz CT molecular complexity index is 334. The van der Waals surface area contributed by atoms with Gasteiger partial charge in [0, 0.05) is 12.6 Å². The van der Waals surface area contributed by atoms with Crippen molar-refractivity contribution in [2.45, 2.75) is 38.3 Å². The van der Waals surface area contributed by atoms with E-state index in [4.69, 9.17) is 10.5 Å². The number of hydrogen-bond acceptors (Lipinski definition) is 3. The number of rotatable bonds is 7. The molecule has 19 heavy (non-hydrogen) atoms. The molecule has 0 unspecified atom stereocenters. The highest BCUT2D eigenvalue weighted by atomic mass is 16.5. The van der Waals surface area contributed by atoms with E-state index >= 15 is 0 Å². The Morgan fingerprint density at radius 2 is 1.84 bits per heavy atom. The van der Waals surface area contributed by atoms with E-state index in [9.17, 15) is 0 Å². The molecule has 2 rings (SSSR count). The lowest BCUT2D eigenvalue weighted by Gasteiger charge is -2.26. The quantitative estimate of drug-likeness (QED) is 0.741. The first-order chi connectivity index (χ1) is 9.34. The summed E-state index contributed by atoms with van der Waals surface area (Å²) in [5, 5.41) is 3.49. The molecule has 0 aliphatic heterocycles. The average Bonchev–Trinajstić information content (AvgIpc) is 2.46. The van der Waals surface area contributed by atoms with Gasteiger partial charge < -0.3 is 15.8 Å². The Hall–Kier alpha value is -0.900. The van der Waals surface area contributed by atoms with Crippen LogP contribution in [0, 0.1) is 5.92 Å². The van der Waals surface area contributed by atoms with E-state index in [0.717, 1.165) is 25.6 Å². The zero-order valence-corrected chi connectivity index (χ0v) is 11.7. The molecule has 1 aliphatic carbocycles. The summed E-state index contributed by atoms with van der Waals surface area (Å²) in [4.78, 5) is 0.